The first kappa shape index (κ1) is 15.1. The Kier molecular flexibility index (Phi) is 5.23. The third-order valence-corrected chi connectivity index (χ3v) is 3.88. The number of likely N-dealkylation sites (N-methyl/N-ethyl adjacent to an activating group) is 1. The second kappa shape index (κ2) is 6.92. The van der Waals surface area contributed by atoms with Crippen molar-refractivity contribution in [2.45, 2.75) is 12.6 Å². The molecule has 0 spiro atoms. The van der Waals surface area contributed by atoms with Gasteiger partial charge in [-0.15, -0.1) is 0 Å². The molecule has 1 saturated heterocycles. The Morgan fingerprint density at radius 1 is 1.50 bits per heavy atom. The van der Waals surface area contributed by atoms with E-state index in [1.54, 1.807) is 13.2 Å². The van der Waals surface area contributed by atoms with Crippen LogP contribution in [0.2, 0.25) is 5.02 Å². The predicted octanol–water partition coefficient (Wildman–Crippen LogP) is 1.20. The lowest BCUT2D eigenvalue weighted by Gasteiger charge is -2.17. The minimum absolute atomic E-state index is 0.0381. The standard InChI is InChI=1S/C14H19ClN2O3/c1-16-12-8-20-7-10(12)14(18)17-6-9-11(15)4-3-5-13(9)19-2/h3-5,10,12,16H,6-8H2,1-2H3,(H,17,18). The number of halogens is 1. The van der Waals surface area contributed by atoms with Crippen molar-refractivity contribution in [2.75, 3.05) is 27.4 Å². The fraction of sp³-hybridized carbons (Fsp3) is 0.500. The molecule has 110 valence electrons. The van der Waals surface area contributed by atoms with E-state index in [4.69, 9.17) is 21.1 Å². The normalized spacial score (nSPS) is 21.8. The van der Waals surface area contributed by atoms with Gasteiger partial charge < -0.3 is 20.1 Å². The molecule has 1 aliphatic rings. The molecule has 2 atom stereocenters. The quantitative estimate of drug-likeness (QED) is 0.857. The van der Waals surface area contributed by atoms with Crippen molar-refractivity contribution < 1.29 is 14.3 Å². The maximum absolute atomic E-state index is 12.2. The summed E-state index contributed by atoms with van der Waals surface area (Å²) < 4.78 is 10.6. The van der Waals surface area contributed by atoms with Crippen LogP contribution < -0.4 is 15.4 Å². The molecular formula is C14H19ClN2O3. The molecule has 2 rings (SSSR count). The molecule has 1 aliphatic heterocycles. The van der Waals surface area contributed by atoms with Gasteiger partial charge in [0.2, 0.25) is 5.91 Å². The van der Waals surface area contributed by atoms with Gasteiger partial charge in [-0.2, -0.15) is 0 Å². The Labute approximate surface area is 123 Å². The fourth-order valence-corrected chi connectivity index (χ4v) is 2.54. The summed E-state index contributed by atoms with van der Waals surface area (Å²) in [4.78, 5) is 12.2. The monoisotopic (exact) mass is 298 g/mol. The maximum Gasteiger partial charge on any atom is 0.227 e. The molecule has 5 nitrogen and oxygen atoms in total. The zero-order chi connectivity index (χ0) is 14.5. The first-order valence-electron chi connectivity index (χ1n) is 6.51. The summed E-state index contributed by atoms with van der Waals surface area (Å²) in [5.74, 6) is 0.461. The largest absolute Gasteiger partial charge is 0.496 e. The van der Waals surface area contributed by atoms with Gasteiger partial charge in [0.1, 0.15) is 5.75 Å². The summed E-state index contributed by atoms with van der Waals surface area (Å²) in [5.41, 5.74) is 0.782. The Morgan fingerprint density at radius 2 is 2.30 bits per heavy atom. The Balaban J connectivity index is 2.00. The van der Waals surface area contributed by atoms with Gasteiger partial charge in [0.05, 0.1) is 26.2 Å². The van der Waals surface area contributed by atoms with E-state index in [0.29, 0.717) is 30.5 Å². The zero-order valence-corrected chi connectivity index (χ0v) is 12.4. The van der Waals surface area contributed by atoms with Crippen molar-refractivity contribution >= 4 is 17.5 Å². The van der Waals surface area contributed by atoms with Crippen molar-refractivity contribution in [1.82, 2.24) is 10.6 Å². The van der Waals surface area contributed by atoms with Gasteiger partial charge in [-0.05, 0) is 19.2 Å². The van der Waals surface area contributed by atoms with Crippen LogP contribution in [-0.2, 0) is 16.1 Å². The summed E-state index contributed by atoms with van der Waals surface area (Å²) in [5, 5.41) is 6.57. The third kappa shape index (κ3) is 3.23. The molecule has 1 fully saturated rings. The van der Waals surface area contributed by atoms with E-state index >= 15 is 0 Å². The molecule has 0 radical (unpaired) electrons. The SMILES string of the molecule is CNC1COCC1C(=O)NCc1c(Cl)cccc1OC. The number of hydrogen-bond donors (Lipinski definition) is 2. The number of nitrogens with one attached hydrogen (secondary N) is 2. The van der Waals surface area contributed by atoms with E-state index in [1.165, 1.54) is 0 Å². The minimum atomic E-state index is -0.173. The van der Waals surface area contributed by atoms with E-state index in [-0.39, 0.29) is 17.9 Å². The first-order chi connectivity index (χ1) is 9.67. The summed E-state index contributed by atoms with van der Waals surface area (Å²) in [6, 6.07) is 5.47. The Bertz CT molecular complexity index is 481. The molecule has 6 heteroatoms. The van der Waals surface area contributed by atoms with Gasteiger partial charge in [-0.1, -0.05) is 17.7 Å². The second-order valence-electron chi connectivity index (χ2n) is 4.68. The van der Waals surface area contributed by atoms with E-state index in [1.807, 2.05) is 19.2 Å². The van der Waals surface area contributed by atoms with Crippen molar-refractivity contribution in [3.05, 3.63) is 28.8 Å². The van der Waals surface area contributed by atoms with Crippen molar-refractivity contribution in [3.63, 3.8) is 0 Å². The molecule has 0 saturated carbocycles. The number of carbonyl (C=O) groups excluding carboxylic acids is 1. The highest BCUT2D eigenvalue weighted by molar-refractivity contribution is 6.31. The van der Waals surface area contributed by atoms with Gasteiger partial charge in [0, 0.05) is 23.2 Å². The number of methoxy groups -OCH3 is 1. The van der Waals surface area contributed by atoms with Crippen LogP contribution in [0.3, 0.4) is 0 Å². The third-order valence-electron chi connectivity index (χ3n) is 3.52. The van der Waals surface area contributed by atoms with Crippen LogP contribution in [0.5, 0.6) is 5.75 Å². The summed E-state index contributed by atoms with van der Waals surface area (Å²) in [7, 11) is 3.41. The lowest BCUT2D eigenvalue weighted by molar-refractivity contribution is -0.125. The molecule has 20 heavy (non-hydrogen) atoms. The minimum Gasteiger partial charge on any atom is -0.496 e. The Hall–Kier alpha value is -1.30. The van der Waals surface area contributed by atoms with E-state index in [9.17, 15) is 4.79 Å². The molecule has 2 N–H and O–H groups in total. The Morgan fingerprint density at radius 3 is 3.00 bits per heavy atom. The number of ether oxygens (including phenoxy) is 2. The fourth-order valence-electron chi connectivity index (χ4n) is 2.31. The topological polar surface area (TPSA) is 59.6 Å². The molecule has 0 aliphatic carbocycles. The smallest absolute Gasteiger partial charge is 0.227 e. The van der Waals surface area contributed by atoms with Crippen LogP contribution in [0.25, 0.3) is 0 Å². The van der Waals surface area contributed by atoms with E-state index in [0.717, 1.165) is 5.56 Å². The van der Waals surface area contributed by atoms with Crippen LogP contribution >= 0.6 is 11.6 Å². The highest BCUT2D eigenvalue weighted by Crippen LogP contribution is 2.26. The summed E-state index contributed by atoms with van der Waals surface area (Å²) in [6.07, 6.45) is 0. The van der Waals surface area contributed by atoms with Crippen LogP contribution in [-0.4, -0.2) is 39.3 Å². The number of rotatable bonds is 5. The van der Waals surface area contributed by atoms with Gasteiger partial charge in [0.15, 0.2) is 0 Å². The molecule has 1 heterocycles. The first-order valence-corrected chi connectivity index (χ1v) is 6.89. The maximum atomic E-state index is 12.2. The van der Waals surface area contributed by atoms with E-state index in [2.05, 4.69) is 10.6 Å². The highest BCUT2D eigenvalue weighted by atomic mass is 35.5. The lowest BCUT2D eigenvalue weighted by Crippen LogP contribution is -2.42. The molecule has 1 aromatic carbocycles. The van der Waals surface area contributed by atoms with Gasteiger partial charge >= 0.3 is 0 Å². The highest BCUT2D eigenvalue weighted by Gasteiger charge is 2.32. The van der Waals surface area contributed by atoms with Gasteiger partial charge in [-0.3, -0.25) is 4.79 Å². The summed E-state index contributed by atoms with van der Waals surface area (Å²) >= 11 is 6.14. The van der Waals surface area contributed by atoms with Crippen LogP contribution in [0.1, 0.15) is 5.56 Å². The molecular weight excluding hydrogens is 280 g/mol. The van der Waals surface area contributed by atoms with Crippen molar-refractivity contribution in [3.8, 4) is 5.75 Å². The zero-order valence-electron chi connectivity index (χ0n) is 11.6. The van der Waals surface area contributed by atoms with Crippen LogP contribution in [0, 0.1) is 5.92 Å². The van der Waals surface area contributed by atoms with Gasteiger partial charge in [-0.25, -0.2) is 0 Å². The molecule has 1 aromatic rings. The molecule has 2 unspecified atom stereocenters. The van der Waals surface area contributed by atoms with Crippen molar-refractivity contribution in [2.24, 2.45) is 5.92 Å². The molecule has 0 aromatic heterocycles. The molecule has 1 amide bonds. The van der Waals surface area contributed by atoms with Crippen LogP contribution in [0.15, 0.2) is 18.2 Å². The lowest BCUT2D eigenvalue weighted by atomic mass is 10.0. The average Bonchev–Trinajstić information content (AvgIpc) is 2.93. The van der Waals surface area contributed by atoms with Gasteiger partial charge in [0.25, 0.3) is 0 Å². The van der Waals surface area contributed by atoms with Crippen LogP contribution in [0.4, 0.5) is 0 Å². The molecule has 0 bridgehead atoms. The predicted molar refractivity (Wildman–Crippen MR) is 77.0 cm³/mol. The number of benzene rings is 1. The van der Waals surface area contributed by atoms with Crippen molar-refractivity contribution in [1.29, 1.82) is 0 Å². The average molecular weight is 299 g/mol. The summed E-state index contributed by atoms with van der Waals surface area (Å²) in [6.45, 7) is 1.34. The van der Waals surface area contributed by atoms with E-state index < -0.39 is 0 Å². The number of amides is 1. The number of hydrogen-bond acceptors (Lipinski definition) is 4. The second-order valence-corrected chi connectivity index (χ2v) is 5.08. The number of carbonyl (C=O) groups is 1.